The van der Waals surface area contributed by atoms with E-state index in [2.05, 4.69) is 15.3 Å². The molecule has 1 atom stereocenters. The van der Waals surface area contributed by atoms with Crippen molar-refractivity contribution in [2.45, 2.75) is 30.2 Å². The molecule has 170 valence electrons. The molecule has 1 saturated heterocycles. The van der Waals surface area contributed by atoms with Gasteiger partial charge in [-0.25, -0.2) is 13.4 Å². The summed E-state index contributed by atoms with van der Waals surface area (Å²) in [5.74, 6) is 1.13. The predicted molar refractivity (Wildman–Crippen MR) is 129 cm³/mol. The number of imidazole rings is 1. The number of nitrogens with one attached hydrogen (secondary N) is 2. The van der Waals surface area contributed by atoms with Crippen LogP contribution in [-0.4, -0.2) is 53.7 Å². The number of aromatic amines is 1. The number of nitrogens with zero attached hydrogens (tertiary/aromatic N) is 2. The van der Waals surface area contributed by atoms with Gasteiger partial charge < -0.3 is 10.3 Å². The molecule has 0 bridgehead atoms. The highest BCUT2D eigenvalue weighted by Gasteiger charge is 2.30. The quantitative estimate of drug-likeness (QED) is 0.490. The first-order valence-corrected chi connectivity index (χ1v) is 13.7. The fourth-order valence-corrected chi connectivity index (χ4v) is 6.29. The van der Waals surface area contributed by atoms with Crippen molar-refractivity contribution in [2.75, 3.05) is 25.1 Å². The van der Waals surface area contributed by atoms with Crippen molar-refractivity contribution in [2.24, 2.45) is 0 Å². The number of fused-ring (bicyclic) bond motifs is 1. The Balaban J connectivity index is 1.60. The highest BCUT2D eigenvalue weighted by atomic mass is 35.5. The van der Waals surface area contributed by atoms with Crippen LogP contribution in [0.1, 0.15) is 41.5 Å². The van der Waals surface area contributed by atoms with Crippen molar-refractivity contribution >= 4 is 50.3 Å². The molecule has 4 rings (SSSR count). The van der Waals surface area contributed by atoms with Gasteiger partial charge in [0.25, 0.3) is 5.91 Å². The van der Waals surface area contributed by atoms with Crippen molar-refractivity contribution in [3.05, 3.63) is 58.9 Å². The Hall–Kier alpha value is -2.07. The lowest BCUT2D eigenvalue weighted by Gasteiger charge is -2.19. The summed E-state index contributed by atoms with van der Waals surface area (Å²) >= 11 is 7.90. The molecule has 0 unspecified atom stereocenters. The monoisotopic (exact) mass is 492 g/mol. The lowest BCUT2D eigenvalue weighted by molar-refractivity contribution is 0.0934. The zero-order valence-corrected chi connectivity index (χ0v) is 20.1. The van der Waals surface area contributed by atoms with E-state index in [-0.39, 0.29) is 27.4 Å². The fraction of sp³-hybridized carbons (Fsp3) is 0.364. The summed E-state index contributed by atoms with van der Waals surface area (Å²) in [6, 6.07) is 11.7. The molecule has 0 radical (unpaired) electrons. The third kappa shape index (κ3) is 4.80. The third-order valence-electron chi connectivity index (χ3n) is 5.53. The Bertz CT molecular complexity index is 1190. The lowest BCUT2D eigenvalue weighted by Crippen LogP contribution is -2.31. The van der Waals surface area contributed by atoms with Crippen LogP contribution >= 0.6 is 23.4 Å². The number of halogens is 1. The second-order valence-electron chi connectivity index (χ2n) is 7.70. The van der Waals surface area contributed by atoms with Gasteiger partial charge in [0.15, 0.2) is 0 Å². The molecule has 1 aromatic heterocycles. The number of rotatable bonds is 8. The minimum atomic E-state index is -3.74. The maximum atomic E-state index is 13.1. The standard InChI is InChI=1S/C22H25ClN4O3S2/c1-31-13-10-19(21-24-17-6-2-3-7-18(17)25-21)26-22(28)15-8-9-16(23)20(14-15)32(29,30)27-11-4-5-12-27/h2-3,6-9,14,19H,4-5,10-13H2,1H3,(H,24,25)(H,26,28)/t19-/m1/s1. The molecule has 1 amide bonds. The minimum absolute atomic E-state index is 0.0295. The van der Waals surface area contributed by atoms with Gasteiger partial charge in [0.2, 0.25) is 10.0 Å². The van der Waals surface area contributed by atoms with Crippen molar-refractivity contribution in [1.82, 2.24) is 19.6 Å². The molecular formula is C22H25ClN4O3S2. The zero-order chi connectivity index (χ0) is 22.7. The van der Waals surface area contributed by atoms with Crippen LogP contribution in [-0.2, 0) is 10.0 Å². The summed E-state index contributed by atoms with van der Waals surface area (Å²) in [7, 11) is -3.74. The number of hydrogen-bond donors (Lipinski definition) is 2. The molecule has 32 heavy (non-hydrogen) atoms. The first kappa shape index (κ1) is 23.1. The van der Waals surface area contributed by atoms with Gasteiger partial charge in [-0.05, 0) is 61.6 Å². The van der Waals surface area contributed by atoms with Gasteiger partial charge in [-0.2, -0.15) is 16.1 Å². The molecule has 3 aromatic rings. The second-order valence-corrected chi connectivity index (χ2v) is 11.0. The number of benzene rings is 2. The largest absolute Gasteiger partial charge is 0.342 e. The minimum Gasteiger partial charge on any atom is -0.342 e. The number of hydrogen-bond acceptors (Lipinski definition) is 5. The summed E-state index contributed by atoms with van der Waals surface area (Å²) in [5.41, 5.74) is 1.98. The number of para-hydroxylation sites is 2. The summed E-state index contributed by atoms with van der Waals surface area (Å²) < 4.78 is 27.4. The average Bonchev–Trinajstić information content (AvgIpc) is 3.47. The third-order valence-corrected chi connectivity index (χ3v) is 8.55. The number of aromatic nitrogens is 2. The average molecular weight is 493 g/mol. The highest BCUT2D eigenvalue weighted by Crippen LogP contribution is 2.28. The molecular weight excluding hydrogens is 468 g/mol. The molecule has 2 aromatic carbocycles. The van der Waals surface area contributed by atoms with Gasteiger partial charge in [0, 0.05) is 18.7 Å². The number of carbonyl (C=O) groups excluding carboxylic acids is 1. The number of carbonyl (C=O) groups is 1. The van der Waals surface area contributed by atoms with Crippen LogP contribution < -0.4 is 5.32 Å². The van der Waals surface area contributed by atoms with Crippen LogP contribution in [0.3, 0.4) is 0 Å². The first-order chi connectivity index (χ1) is 15.4. The summed E-state index contributed by atoms with van der Waals surface area (Å²) in [6.07, 6.45) is 4.34. The van der Waals surface area contributed by atoms with E-state index < -0.39 is 10.0 Å². The molecule has 7 nitrogen and oxygen atoms in total. The van der Waals surface area contributed by atoms with Gasteiger partial charge in [0.05, 0.1) is 22.1 Å². The number of amides is 1. The van der Waals surface area contributed by atoms with Gasteiger partial charge in [-0.1, -0.05) is 23.7 Å². The summed E-state index contributed by atoms with van der Waals surface area (Å²) in [4.78, 5) is 21.0. The molecule has 1 fully saturated rings. The van der Waals surface area contributed by atoms with E-state index in [1.54, 1.807) is 17.8 Å². The number of thioether (sulfide) groups is 1. The normalized spacial score (nSPS) is 15.8. The van der Waals surface area contributed by atoms with E-state index in [9.17, 15) is 13.2 Å². The predicted octanol–water partition coefficient (Wildman–Crippen LogP) is 4.23. The van der Waals surface area contributed by atoms with Gasteiger partial charge in [0.1, 0.15) is 10.7 Å². The van der Waals surface area contributed by atoms with E-state index >= 15 is 0 Å². The zero-order valence-electron chi connectivity index (χ0n) is 17.7. The lowest BCUT2D eigenvalue weighted by atomic mass is 10.1. The Labute approximate surface area is 197 Å². The van der Waals surface area contributed by atoms with Crippen molar-refractivity contribution < 1.29 is 13.2 Å². The van der Waals surface area contributed by atoms with Crippen LogP contribution in [0.2, 0.25) is 5.02 Å². The van der Waals surface area contributed by atoms with Gasteiger partial charge >= 0.3 is 0 Å². The van der Waals surface area contributed by atoms with E-state index in [0.29, 0.717) is 25.3 Å². The Morgan fingerprint density at radius 1 is 1.25 bits per heavy atom. The fourth-order valence-electron chi connectivity index (χ4n) is 3.80. The number of H-pyrrole nitrogens is 1. The SMILES string of the molecule is CSCC[C@@H](NC(=O)c1ccc(Cl)c(S(=O)(=O)N2CCCC2)c1)c1nc2ccccc2[nH]1. The van der Waals surface area contributed by atoms with Crippen molar-refractivity contribution in [3.63, 3.8) is 0 Å². The van der Waals surface area contributed by atoms with E-state index in [4.69, 9.17) is 11.6 Å². The molecule has 0 aliphatic carbocycles. The maximum absolute atomic E-state index is 13.1. The molecule has 0 saturated carbocycles. The van der Waals surface area contributed by atoms with E-state index in [1.807, 2.05) is 30.5 Å². The van der Waals surface area contributed by atoms with Crippen molar-refractivity contribution in [1.29, 1.82) is 0 Å². The number of sulfonamides is 1. The van der Waals surface area contributed by atoms with Crippen LogP contribution in [0.25, 0.3) is 11.0 Å². The summed E-state index contributed by atoms with van der Waals surface area (Å²) in [5, 5.41) is 3.13. The van der Waals surface area contributed by atoms with Crippen LogP contribution in [0, 0.1) is 0 Å². The Morgan fingerprint density at radius 3 is 2.72 bits per heavy atom. The van der Waals surface area contributed by atoms with Gasteiger partial charge in [-0.3, -0.25) is 4.79 Å². The van der Waals surface area contributed by atoms with E-state index in [1.165, 1.54) is 16.4 Å². The molecule has 0 spiro atoms. The summed E-state index contributed by atoms with van der Waals surface area (Å²) in [6.45, 7) is 0.940. The topological polar surface area (TPSA) is 95.2 Å². The molecule has 1 aliphatic heterocycles. The molecule has 10 heteroatoms. The molecule has 2 N–H and O–H groups in total. The highest BCUT2D eigenvalue weighted by molar-refractivity contribution is 7.98. The van der Waals surface area contributed by atoms with Crippen molar-refractivity contribution in [3.8, 4) is 0 Å². The molecule has 1 aliphatic rings. The van der Waals surface area contributed by atoms with Gasteiger partial charge in [-0.15, -0.1) is 0 Å². The first-order valence-electron chi connectivity index (χ1n) is 10.4. The van der Waals surface area contributed by atoms with Crippen LogP contribution in [0.15, 0.2) is 47.4 Å². The van der Waals surface area contributed by atoms with E-state index in [0.717, 1.165) is 29.6 Å². The Morgan fingerprint density at radius 2 is 2.00 bits per heavy atom. The van der Waals surface area contributed by atoms with Crippen LogP contribution in [0.4, 0.5) is 0 Å². The molecule has 2 heterocycles. The maximum Gasteiger partial charge on any atom is 0.251 e. The smallest absolute Gasteiger partial charge is 0.251 e. The van der Waals surface area contributed by atoms with Crippen LogP contribution in [0.5, 0.6) is 0 Å². The second kappa shape index (κ2) is 9.82. The Kier molecular flexibility index (Phi) is 7.09.